The van der Waals surface area contributed by atoms with Crippen LogP contribution in [0.15, 0.2) is 66.0 Å². The number of esters is 2. The lowest BCUT2D eigenvalue weighted by Crippen LogP contribution is -2.62. The minimum absolute atomic E-state index is 0.0418. The van der Waals surface area contributed by atoms with E-state index in [1.165, 1.54) is 33.9 Å². The van der Waals surface area contributed by atoms with E-state index in [-0.39, 0.29) is 32.2 Å². The Bertz CT molecular complexity index is 2680. The maximum Gasteiger partial charge on any atom is 0.407 e. The maximum atomic E-state index is 15.4. The van der Waals surface area contributed by atoms with Gasteiger partial charge in [0.1, 0.15) is 66.8 Å². The number of carbonyl (C=O) groups excluding carboxylic acids is 10. The summed E-state index contributed by atoms with van der Waals surface area (Å²) in [6.45, 7) is 20.4. The van der Waals surface area contributed by atoms with Crippen LogP contribution in [0, 0.1) is 17.8 Å². The van der Waals surface area contributed by atoms with Crippen molar-refractivity contribution in [1.29, 1.82) is 0 Å². The lowest BCUT2D eigenvalue weighted by molar-refractivity contribution is -0.160. The molecule has 8 amide bonds. The van der Waals surface area contributed by atoms with Crippen LogP contribution in [0.4, 0.5) is 4.79 Å². The second-order valence-corrected chi connectivity index (χ2v) is 24.3. The summed E-state index contributed by atoms with van der Waals surface area (Å²) < 4.78 is 22.9. The van der Waals surface area contributed by atoms with E-state index in [0.717, 1.165) is 23.8 Å². The number of cyclic esters (lactones) is 1. The number of nitrogens with one attached hydrogen (secondary N) is 8. The lowest BCUT2D eigenvalue weighted by Gasteiger charge is -2.35. The molecule has 3 aliphatic heterocycles. The van der Waals surface area contributed by atoms with Gasteiger partial charge in [-0.3, -0.25) is 38.4 Å². The van der Waals surface area contributed by atoms with Crippen LogP contribution in [0.2, 0.25) is 0 Å². The van der Waals surface area contributed by atoms with Gasteiger partial charge in [0.05, 0.1) is 23.9 Å². The van der Waals surface area contributed by atoms with Gasteiger partial charge in [-0.05, 0) is 102 Å². The first-order valence-corrected chi connectivity index (χ1v) is 31.3. The molecule has 0 radical (unpaired) electrons. The standard InChI is InChI=1S/C62H95N9O17.C2H6/c1-13-36(4)48-55(78)70-51-42-23-25-43(26-24-42)87-40(8)62(84,34-63-29-19-14-15-20-30-64-60(83)88-61(9,10)11)28-27-46(73)65-32-47(74)85-33-44(59(82)86-39(7)50(57(80)67-48)69-53(76)37(5)52(75)35(2)3)66-56(79)49(38(6)72)68-54(77)45(71(12)58(51)81)31-41-21-17-16-18-22-41;1-2/h16-18,21-23,25,27-28,35-40,44-45,48-52,63,72,75,84H,13-15,19-20,24,26,29-34H2,1-12H3,(H,64,83)(H,65,73)(H,66,79)(H,67,80)(H,68,77)(H,69,76)(H,70,78);1-2H3/b28-27+;/t36-,37+,38+,39+,40+,44-,45-,48+,49+,50-,51-,52+,62-;/m0./s1. The number of aliphatic hydroxyl groups excluding tert-OH is 2. The number of amides is 8. The number of aliphatic hydroxyl groups is 3. The van der Waals surface area contributed by atoms with Gasteiger partial charge in [0, 0.05) is 39.1 Å². The highest BCUT2D eigenvalue weighted by Crippen LogP contribution is 2.28. The van der Waals surface area contributed by atoms with Gasteiger partial charge >= 0.3 is 18.0 Å². The van der Waals surface area contributed by atoms with Crippen molar-refractivity contribution in [2.45, 2.75) is 213 Å². The number of benzene rings is 1. The number of hydrogen-bond acceptors (Lipinski definition) is 18. The molecule has 1 aromatic rings. The number of allylic oxidation sites excluding steroid dienone is 3. The van der Waals surface area contributed by atoms with Crippen LogP contribution in [0.25, 0.3) is 0 Å². The highest BCUT2D eigenvalue weighted by atomic mass is 16.6. The normalized spacial score (nSPS) is 26.4. The van der Waals surface area contributed by atoms with Crippen LogP contribution in [-0.4, -0.2) is 191 Å². The van der Waals surface area contributed by atoms with Crippen LogP contribution >= 0.6 is 0 Å². The summed E-state index contributed by atoms with van der Waals surface area (Å²) >= 11 is 0. The molecule has 1 aromatic carbocycles. The molecule has 4 aliphatic rings. The van der Waals surface area contributed by atoms with Gasteiger partial charge in [0.25, 0.3) is 0 Å². The zero-order chi connectivity index (χ0) is 67.6. The Morgan fingerprint density at radius 1 is 0.811 bits per heavy atom. The third-order valence-corrected chi connectivity index (χ3v) is 15.6. The molecule has 4 bridgehead atoms. The number of nitrogens with zero attached hydrogens (tertiary/aromatic N) is 1. The summed E-state index contributed by atoms with van der Waals surface area (Å²) in [4.78, 5) is 143. The predicted molar refractivity (Wildman–Crippen MR) is 334 cm³/mol. The maximum absolute atomic E-state index is 15.4. The molecule has 504 valence electrons. The topological polar surface area (TPSA) is 368 Å². The molecule has 1 fully saturated rings. The van der Waals surface area contributed by atoms with E-state index in [0.29, 0.717) is 42.8 Å². The average Bonchev–Trinajstić information content (AvgIpc) is 3.30. The highest BCUT2D eigenvalue weighted by molar-refractivity contribution is 5.99. The molecule has 3 heterocycles. The Morgan fingerprint density at radius 2 is 1.44 bits per heavy atom. The zero-order valence-corrected chi connectivity index (χ0v) is 54.9. The van der Waals surface area contributed by atoms with Gasteiger partial charge in [0.2, 0.25) is 41.4 Å². The number of unbranched alkanes of at least 4 members (excludes halogenated alkanes) is 3. The Morgan fingerprint density at radius 3 is 2.04 bits per heavy atom. The third kappa shape index (κ3) is 24.4. The van der Waals surface area contributed by atoms with Gasteiger partial charge in [-0.1, -0.05) is 104 Å². The molecule has 1 aliphatic carbocycles. The summed E-state index contributed by atoms with van der Waals surface area (Å²) in [5, 5.41) is 55.6. The fourth-order valence-corrected chi connectivity index (χ4v) is 9.75. The first-order valence-electron chi connectivity index (χ1n) is 31.3. The molecule has 5 rings (SSSR count). The number of fused-ring (bicyclic) bond motifs is 11. The van der Waals surface area contributed by atoms with Crippen molar-refractivity contribution in [3.8, 4) is 0 Å². The van der Waals surface area contributed by atoms with E-state index in [1.807, 2.05) is 13.8 Å². The quantitative estimate of drug-likeness (QED) is 0.0570. The minimum Gasteiger partial charge on any atom is -0.492 e. The number of carbonyl (C=O) groups is 10. The first-order chi connectivity index (χ1) is 42.4. The Labute approximate surface area is 529 Å². The van der Waals surface area contributed by atoms with Gasteiger partial charge in [-0.25, -0.2) is 9.59 Å². The number of rotatable bonds is 18. The average molecular weight is 1270 g/mol. The van der Waals surface area contributed by atoms with Crippen molar-refractivity contribution in [1.82, 2.24) is 47.4 Å². The smallest absolute Gasteiger partial charge is 0.407 e. The number of alkyl carbamates (subject to hydrolysis) is 1. The second kappa shape index (κ2) is 37.0. The van der Waals surface area contributed by atoms with Crippen LogP contribution in [0.1, 0.15) is 141 Å². The molecule has 0 unspecified atom stereocenters. The van der Waals surface area contributed by atoms with E-state index < -0.39 is 162 Å². The molecule has 90 heavy (non-hydrogen) atoms. The number of hydrogen-bond donors (Lipinski definition) is 11. The molecular weight excluding hydrogens is 1170 g/mol. The monoisotopic (exact) mass is 1270 g/mol. The summed E-state index contributed by atoms with van der Waals surface area (Å²) in [6, 6.07) is -1.58. The van der Waals surface area contributed by atoms with Crippen LogP contribution in [-0.2, 0) is 68.5 Å². The van der Waals surface area contributed by atoms with E-state index >= 15 is 9.59 Å². The molecule has 13 atom stereocenters. The fourth-order valence-electron chi connectivity index (χ4n) is 9.75. The van der Waals surface area contributed by atoms with E-state index in [2.05, 4.69) is 42.5 Å². The van der Waals surface area contributed by atoms with Crippen LogP contribution in [0.3, 0.4) is 0 Å². The second-order valence-electron chi connectivity index (χ2n) is 24.3. The van der Waals surface area contributed by atoms with Crippen molar-refractivity contribution in [3.05, 3.63) is 71.5 Å². The SMILES string of the molecule is CC.CC[C@H](C)[C@H]1NC(=O)[C@@H](NC(=O)[C@H](C)[C@H](O)C(C)C)[C@@H](C)OC(=O)[C@@H]2COC(=O)CNC(=O)/C=C/[C@](O)(CNCCCCCCNC(=O)OC(C)(C)C)[C@@H](C)OC3=CC=C(CC3)[C@H](NC1=O)C(=O)N(C)[C@@H](Cc1ccccc1)C(=O)N[C@H]([C@@H](C)O)C(=O)N2. The molecular formula is C64H101N9O17. The van der Waals surface area contributed by atoms with Crippen LogP contribution in [0.5, 0.6) is 0 Å². The summed E-state index contributed by atoms with van der Waals surface area (Å²) in [5.41, 5.74) is -1.63. The van der Waals surface area contributed by atoms with Gasteiger partial charge in [0.15, 0.2) is 6.04 Å². The van der Waals surface area contributed by atoms with E-state index in [9.17, 15) is 53.7 Å². The van der Waals surface area contributed by atoms with E-state index in [1.54, 1.807) is 97.9 Å². The number of ether oxygens (including phenoxy) is 4. The highest BCUT2D eigenvalue weighted by Gasteiger charge is 2.43. The zero-order valence-electron chi connectivity index (χ0n) is 54.9. The third-order valence-electron chi connectivity index (χ3n) is 15.6. The molecule has 26 heteroatoms. The van der Waals surface area contributed by atoms with Crippen molar-refractivity contribution < 1.29 is 82.2 Å². The van der Waals surface area contributed by atoms with Gasteiger partial charge in [-0.2, -0.15) is 0 Å². The molecule has 0 spiro atoms. The first kappa shape index (κ1) is 76.8. The Hall–Kier alpha value is -7.42. The van der Waals surface area contributed by atoms with E-state index in [4.69, 9.17) is 18.9 Å². The predicted octanol–water partition coefficient (Wildman–Crippen LogP) is 2.18. The molecule has 1 saturated heterocycles. The summed E-state index contributed by atoms with van der Waals surface area (Å²) in [7, 11) is 1.32. The summed E-state index contributed by atoms with van der Waals surface area (Å²) in [5.74, 6) is -11.0. The molecule has 26 nitrogen and oxygen atoms in total. The molecule has 11 N–H and O–H groups in total. The van der Waals surface area contributed by atoms with Crippen molar-refractivity contribution in [2.75, 3.05) is 39.8 Å². The largest absolute Gasteiger partial charge is 0.492 e. The van der Waals surface area contributed by atoms with Crippen molar-refractivity contribution in [2.24, 2.45) is 17.8 Å². The van der Waals surface area contributed by atoms with Gasteiger partial charge in [-0.15, -0.1) is 0 Å². The van der Waals surface area contributed by atoms with Crippen LogP contribution < -0.4 is 42.5 Å². The lowest BCUT2D eigenvalue weighted by atomic mass is 9.92. The Balaban J connectivity index is 0.0000105. The van der Waals surface area contributed by atoms with Crippen molar-refractivity contribution >= 4 is 59.4 Å². The Kier molecular flexibility index (Phi) is 31.6. The fraction of sp³-hybridized carbons (Fsp3) is 0.656. The molecule has 0 aromatic heterocycles. The van der Waals surface area contributed by atoms with Crippen molar-refractivity contribution in [3.63, 3.8) is 0 Å². The molecule has 0 saturated carbocycles. The van der Waals surface area contributed by atoms with Gasteiger partial charge < -0.3 is 81.7 Å². The number of likely N-dealkylation sites (N-methyl/N-ethyl adjacent to an activating group) is 1. The summed E-state index contributed by atoms with van der Waals surface area (Å²) in [6.07, 6.45) is 2.37. The minimum atomic E-state index is -1.99.